The molecule has 7 aromatic rings. The van der Waals surface area contributed by atoms with Crippen molar-refractivity contribution in [1.82, 2.24) is 4.40 Å². The van der Waals surface area contributed by atoms with Gasteiger partial charge in [-0.1, -0.05) is 102 Å². The minimum atomic E-state index is -0.0281. The third-order valence-corrected chi connectivity index (χ3v) is 9.98. The number of anilines is 2. The third-order valence-electron chi connectivity index (χ3n) is 8.85. The van der Waals surface area contributed by atoms with Crippen molar-refractivity contribution in [2.45, 2.75) is 62.2 Å². The van der Waals surface area contributed by atoms with Gasteiger partial charge in [0.1, 0.15) is 0 Å². The van der Waals surface area contributed by atoms with Crippen molar-refractivity contribution in [2.75, 3.05) is 5.32 Å². The standard InChI is InChI=1S/C38H34N2S/c1-37(2,3)23-12-14-24-22(19-23)11-13-25-26-17-18-40-21-29-27(36(40)34(26)30(20-28(24)25)38(4,5)6)15-16-33-35(29)39-31-9-7-8-10-32(31)41-33/h7-21,39H,1-6H3. The second-order valence-electron chi connectivity index (χ2n) is 13.6. The number of benzene rings is 5. The van der Waals surface area contributed by atoms with E-state index in [4.69, 9.17) is 0 Å². The van der Waals surface area contributed by atoms with E-state index in [1.54, 1.807) is 0 Å². The maximum absolute atomic E-state index is 3.77. The minimum absolute atomic E-state index is 0.0281. The monoisotopic (exact) mass is 550 g/mol. The van der Waals surface area contributed by atoms with Gasteiger partial charge in [0.2, 0.25) is 0 Å². The van der Waals surface area contributed by atoms with Crippen molar-refractivity contribution >= 4 is 71.7 Å². The first kappa shape index (κ1) is 24.8. The Morgan fingerprint density at radius 2 is 1.41 bits per heavy atom. The zero-order chi connectivity index (χ0) is 28.3. The lowest BCUT2D eigenvalue weighted by Crippen LogP contribution is -2.12. The predicted octanol–water partition coefficient (Wildman–Crippen LogP) is 11.4. The molecule has 0 bridgehead atoms. The number of nitrogens with one attached hydrogen (secondary N) is 1. The van der Waals surface area contributed by atoms with E-state index in [1.807, 2.05) is 11.8 Å². The van der Waals surface area contributed by atoms with Crippen molar-refractivity contribution in [3.8, 4) is 0 Å². The van der Waals surface area contributed by atoms with E-state index in [-0.39, 0.29) is 10.8 Å². The Balaban J connectivity index is 1.47. The third kappa shape index (κ3) is 3.65. The fourth-order valence-corrected chi connectivity index (χ4v) is 7.68. The van der Waals surface area contributed by atoms with Gasteiger partial charge in [0.25, 0.3) is 0 Å². The maximum Gasteiger partial charge on any atom is 0.0621 e. The molecule has 3 heteroatoms. The second kappa shape index (κ2) is 8.30. The highest BCUT2D eigenvalue weighted by Crippen LogP contribution is 2.49. The van der Waals surface area contributed by atoms with Gasteiger partial charge in [0.05, 0.1) is 16.9 Å². The summed E-state index contributed by atoms with van der Waals surface area (Å²) in [4.78, 5) is 2.55. The van der Waals surface area contributed by atoms with Gasteiger partial charge in [-0.2, -0.15) is 0 Å². The fourth-order valence-electron chi connectivity index (χ4n) is 6.67. The van der Waals surface area contributed by atoms with Crippen molar-refractivity contribution in [3.05, 3.63) is 102 Å². The van der Waals surface area contributed by atoms with Gasteiger partial charge >= 0.3 is 0 Å². The molecule has 0 saturated carbocycles. The molecule has 1 aliphatic rings. The van der Waals surface area contributed by atoms with Crippen LogP contribution in [0.3, 0.4) is 0 Å². The number of aromatic nitrogens is 1. The lowest BCUT2D eigenvalue weighted by molar-refractivity contribution is 0.591. The number of rotatable bonds is 0. The van der Waals surface area contributed by atoms with Crippen molar-refractivity contribution in [1.29, 1.82) is 0 Å². The fraction of sp³-hybridized carbons (Fsp3) is 0.211. The van der Waals surface area contributed by atoms with Gasteiger partial charge in [-0.05, 0) is 79.2 Å². The summed E-state index contributed by atoms with van der Waals surface area (Å²) in [6.45, 7) is 13.9. The SMILES string of the molecule is CC(C)(C)c1ccc2c(ccc3c2cc(C(C)(C)C)c2c3ccn3cc4c5c(ccc4c23)Sc2ccccc2N5)c1. The molecule has 2 aromatic heterocycles. The number of para-hydroxylation sites is 1. The Hall–Kier alpha value is -3.95. The number of pyridine rings is 1. The van der Waals surface area contributed by atoms with Gasteiger partial charge in [-0.15, -0.1) is 0 Å². The van der Waals surface area contributed by atoms with Crippen LogP contribution < -0.4 is 5.32 Å². The molecular formula is C38H34N2S. The van der Waals surface area contributed by atoms with Crippen LogP contribution in [0.15, 0.2) is 101 Å². The number of hydrogen-bond donors (Lipinski definition) is 1. The molecule has 0 amide bonds. The van der Waals surface area contributed by atoms with E-state index in [1.165, 1.54) is 80.9 Å². The smallest absolute Gasteiger partial charge is 0.0621 e. The Kier molecular flexibility index (Phi) is 5.02. The Labute approximate surface area is 245 Å². The predicted molar refractivity (Wildman–Crippen MR) is 179 cm³/mol. The summed E-state index contributed by atoms with van der Waals surface area (Å²) in [5, 5.41) is 14.3. The summed E-state index contributed by atoms with van der Waals surface area (Å²) in [6.07, 6.45) is 4.57. The van der Waals surface area contributed by atoms with Crippen LogP contribution in [-0.2, 0) is 10.8 Å². The second-order valence-corrected chi connectivity index (χ2v) is 14.7. The van der Waals surface area contributed by atoms with E-state index >= 15 is 0 Å². The van der Waals surface area contributed by atoms with Gasteiger partial charge in [-0.3, -0.25) is 0 Å². The van der Waals surface area contributed by atoms with Gasteiger partial charge < -0.3 is 9.72 Å². The first-order valence-electron chi connectivity index (χ1n) is 14.5. The molecule has 1 aliphatic heterocycles. The summed E-state index contributed by atoms with van der Waals surface area (Å²) in [6, 6.07) is 29.7. The topological polar surface area (TPSA) is 16.4 Å². The first-order chi connectivity index (χ1) is 19.6. The normalized spacial score (nSPS) is 13.7. The van der Waals surface area contributed by atoms with Gasteiger partial charge in [0, 0.05) is 38.3 Å². The van der Waals surface area contributed by atoms with Crippen LogP contribution in [0.2, 0.25) is 0 Å². The van der Waals surface area contributed by atoms with Crippen molar-refractivity contribution in [3.63, 3.8) is 0 Å². The van der Waals surface area contributed by atoms with E-state index in [2.05, 4.69) is 143 Å². The van der Waals surface area contributed by atoms with Crippen LogP contribution in [0.5, 0.6) is 0 Å². The van der Waals surface area contributed by atoms with E-state index in [0.29, 0.717) is 0 Å². The molecule has 3 heterocycles. The van der Waals surface area contributed by atoms with Crippen LogP contribution in [0, 0.1) is 0 Å². The molecule has 41 heavy (non-hydrogen) atoms. The molecule has 0 aliphatic carbocycles. The molecule has 5 aromatic carbocycles. The molecule has 2 nitrogen and oxygen atoms in total. The number of hydrogen-bond acceptors (Lipinski definition) is 2. The average molecular weight is 551 g/mol. The zero-order valence-corrected chi connectivity index (χ0v) is 25.3. The molecule has 0 radical (unpaired) electrons. The van der Waals surface area contributed by atoms with Crippen LogP contribution in [0.25, 0.3) is 48.6 Å². The molecule has 0 saturated heterocycles. The van der Waals surface area contributed by atoms with Crippen molar-refractivity contribution < 1.29 is 0 Å². The zero-order valence-electron chi connectivity index (χ0n) is 24.5. The Morgan fingerprint density at radius 3 is 2.22 bits per heavy atom. The molecule has 0 unspecified atom stereocenters. The highest BCUT2D eigenvalue weighted by Gasteiger charge is 2.25. The van der Waals surface area contributed by atoms with Crippen LogP contribution in [0.1, 0.15) is 52.7 Å². The first-order valence-corrected chi connectivity index (χ1v) is 15.3. The average Bonchev–Trinajstić information content (AvgIpc) is 3.33. The lowest BCUT2D eigenvalue weighted by Gasteiger charge is -2.25. The minimum Gasteiger partial charge on any atom is -0.353 e. The molecule has 202 valence electrons. The van der Waals surface area contributed by atoms with E-state index < -0.39 is 0 Å². The van der Waals surface area contributed by atoms with E-state index in [9.17, 15) is 0 Å². The molecule has 1 N–H and O–H groups in total. The van der Waals surface area contributed by atoms with E-state index in [0.717, 1.165) is 0 Å². The largest absolute Gasteiger partial charge is 0.353 e. The molecule has 0 fully saturated rings. The highest BCUT2D eigenvalue weighted by molar-refractivity contribution is 7.99. The summed E-state index contributed by atoms with van der Waals surface area (Å²) < 4.78 is 2.35. The maximum atomic E-state index is 3.77. The summed E-state index contributed by atoms with van der Waals surface area (Å²) in [7, 11) is 0. The van der Waals surface area contributed by atoms with Crippen LogP contribution in [0.4, 0.5) is 11.4 Å². The van der Waals surface area contributed by atoms with Crippen molar-refractivity contribution in [2.24, 2.45) is 0 Å². The molecule has 8 rings (SSSR count). The quantitative estimate of drug-likeness (QED) is 0.189. The van der Waals surface area contributed by atoms with Gasteiger partial charge in [-0.25, -0.2) is 0 Å². The Bertz CT molecular complexity index is 2220. The summed E-state index contributed by atoms with van der Waals surface area (Å²) in [5.74, 6) is 0. The highest BCUT2D eigenvalue weighted by atomic mass is 32.2. The summed E-state index contributed by atoms with van der Waals surface area (Å²) >= 11 is 1.85. The number of nitrogens with zero attached hydrogens (tertiary/aromatic N) is 1. The molecule has 0 atom stereocenters. The van der Waals surface area contributed by atoms with Crippen LogP contribution in [-0.4, -0.2) is 4.40 Å². The number of fused-ring (bicyclic) bond motifs is 12. The lowest BCUT2D eigenvalue weighted by atomic mass is 9.80. The van der Waals surface area contributed by atoms with Gasteiger partial charge in [0.15, 0.2) is 0 Å². The Morgan fingerprint density at radius 1 is 0.634 bits per heavy atom. The van der Waals surface area contributed by atoms with Crippen LogP contribution >= 0.6 is 11.8 Å². The summed E-state index contributed by atoms with van der Waals surface area (Å²) in [5.41, 5.74) is 6.55. The molecule has 0 spiro atoms. The molecular weight excluding hydrogens is 516 g/mol.